The van der Waals surface area contributed by atoms with Crippen LogP contribution in [-0.4, -0.2) is 55.8 Å². The molecule has 0 unspecified atom stereocenters. The maximum Gasteiger partial charge on any atom is 0.243 e. The average molecular weight is 422 g/mol. The highest BCUT2D eigenvalue weighted by atomic mass is 32.2. The zero-order valence-corrected chi connectivity index (χ0v) is 18.1. The van der Waals surface area contributed by atoms with Gasteiger partial charge in [0.25, 0.3) is 0 Å². The molecule has 8 heteroatoms. The number of nitrogens with one attached hydrogen (secondary N) is 1. The van der Waals surface area contributed by atoms with Crippen LogP contribution in [-0.2, 0) is 21.4 Å². The lowest BCUT2D eigenvalue weighted by atomic mass is 10.2. The Bertz CT molecular complexity index is 918. The number of aryl methyl sites for hydroxylation is 2. The number of carbonyl (C=O) groups excluding carboxylic acids is 1. The van der Waals surface area contributed by atoms with E-state index in [1.165, 1.54) is 4.31 Å². The van der Waals surface area contributed by atoms with Crippen molar-refractivity contribution in [3.63, 3.8) is 0 Å². The number of nitrogens with zero attached hydrogens (tertiary/aromatic N) is 2. The largest absolute Gasteiger partial charge is 0.350 e. The Morgan fingerprint density at radius 2 is 1.89 bits per heavy atom. The van der Waals surface area contributed by atoms with Crippen LogP contribution in [0.5, 0.6) is 0 Å². The summed E-state index contributed by atoms with van der Waals surface area (Å²) < 4.78 is 27.6. The Kier molecular flexibility index (Phi) is 6.54. The fourth-order valence-electron chi connectivity index (χ4n) is 3.36. The second-order valence-corrected chi connectivity index (χ2v) is 10.1. The molecule has 1 aromatic heterocycles. The molecule has 1 aromatic carbocycles. The van der Waals surface area contributed by atoms with Crippen molar-refractivity contribution in [1.82, 2.24) is 14.5 Å². The molecule has 3 rings (SSSR count). The Morgan fingerprint density at radius 1 is 1.18 bits per heavy atom. The summed E-state index contributed by atoms with van der Waals surface area (Å²) in [5.41, 5.74) is 1.69. The summed E-state index contributed by atoms with van der Waals surface area (Å²) >= 11 is 1.61. The van der Waals surface area contributed by atoms with Gasteiger partial charge in [0.1, 0.15) is 0 Å². The molecule has 0 aliphatic carbocycles. The van der Waals surface area contributed by atoms with Gasteiger partial charge in [0.15, 0.2) is 0 Å². The summed E-state index contributed by atoms with van der Waals surface area (Å²) in [6, 6.07) is 9.17. The smallest absolute Gasteiger partial charge is 0.243 e. The highest BCUT2D eigenvalue weighted by Gasteiger charge is 2.32. The fraction of sp³-hybridized carbons (Fsp3) is 0.450. The summed E-state index contributed by atoms with van der Waals surface area (Å²) in [5, 5.41) is 4.95. The highest BCUT2D eigenvalue weighted by Crippen LogP contribution is 2.23. The molecule has 1 amide bonds. The van der Waals surface area contributed by atoms with E-state index in [1.807, 2.05) is 55.3 Å². The van der Waals surface area contributed by atoms with Crippen molar-refractivity contribution in [2.75, 3.05) is 26.2 Å². The number of hydrogen-bond donors (Lipinski definition) is 1. The summed E-state index contributed by atoms with van der Waals surface area (Å²) in [6.45, 7) is 7.97. The molecule has 0 spiro atoms. The van der Waals surface area contributed by atoms with Crippen molar-refractivity contribution in [1.29, 1.82) is 0 Å². The zero-order valence-electron chi connectivity index (χ0n) is 16.5. The summed E-state index contributed by atoms with van der Waals surface area (Å²) in [5.74, 6) is -0.0285. The number of sulfonamides is 1. The molecule has 0 saturated carbocycles. The topological polar surface area (TPSA) is 69.7 Å². The zero-order chi connectivity index (χ0) is 20.3. The van der Waals surface area contributed by atoms with Gasteiger partial charge in [0.2, 0.25) is 15.9 Å². The monoisotopic (exact) mass is 421 g/mol. The van der Waals surface area contributed by atoms with E-state index in [0.29, 0.717) is 37.6 Å². The van der Waals surface area contributed by atoms with Crippen molar-refractivity contribution in [3.8, 4) is 0 Å². The van der Waals surface area contributed by atoms with Gasteiger partial charge in [-0.25, -0.2) is 8.42 Å². The van der Waals surface area contributed by atoms with Gasteiger partial charge in [-0.2, -0.15) is 4.31 Å². The number of piperazine rings is 1. The van der Waals surface area contributed by atoms with Gasteiger partial charge in [0, 0.05) is 31.1 Å². The van der Waals surface area contributed by atoms with E-state index in [-0.39, 0.29) is 11.9 Å². The van der Waals surface area contributed by atoms with Crippen LogP contribution in [0, 0.1) is 13.8 Å². The first-order valence-electron chi connectivity index (χ1n) is 9.40. The van der Waals surface area contributed by atoms with Crippen molar-refractivity contribution in [2.45, 2.75) is 38.3 Å². The third-order valence-corrected chi connectivity index (χ3v) is 8.10. The van der Waals surface area contributed by atoms with Crippen molar-refractivity contribution in [3.05, 3.63) is 51.7 Å². The molecule has 1 aliphatic rings. The van der Waals surface area contributed by atoms with Gasteiger partial charge in [0.05, 0.1) is 17.5 Å². The molecular formula is C20H27N3O3S2. The van der Waals surface area contributed by atoms with Crippen LogP contribution in [0.4, 0.5) is 0 Å². The fourth-order valence-corrected chi connectivity index (χ4v) is 5.73. The number of hydrogen-bond acceptors (Lipinski definition) is 5. The molecule has 1 fully saturated rings. The predicted molar refractivity (Wildman–Crippen MR) is 112 cm³/mol. The van der Waals surface area contributed by atoms with E-state index >= 15 is 0 Å². The van der Waals surface area contributed by atoms with Gasteiger partial charge >= 0.3 is 0 Å². The maximum atomic E-state index is 13.0. The second-order valence-electron chi connectivity index (χ2n) is 7.18. The number of carbonyl (C=O) groups is 1. The number of amides is 1. The SMILES string of the molecule is Cc1ccc(C)c(S(=O)(=O)N2CCN([C@@H](C)C(=O)NCc3cccs3)CC2)c1. The Labute approximate surface area is 171 Å². The molecule has 1 N–H and O–H groups in total. The Balaban J connectivity index is 1.58. The molecule has 2 aromatic rings. The Morgan fingerprint density at radius 3 is 2.54 bits per heavy atom. The minimum absolute atomic E-state index is 0.0285. The lowest BCUT2D eigenvalue weighted by Crippen LogP contribution is -2.54. The van der Waals surface area contributed by atoms with Crippen LogP contribution in [0.15, 0.2) is 40.6 Å². The van der Waals surface area contributed by atoms with Crippen molar-refractivity contribution >= 4 is 27.3 Å². The molecule has 1 saturated heterocycles. The van der Waals surface area contributed by atoms with Gasteiger partial charge in [-0.1, -0.05) is 18.2 Å². The first-order valence-corrected chi connectivity index (χ1v) is 11.7. The first kappa shape index (κ1) is 21.0. The lowest BCUT2D eigenvalue weighted by molar-refractivity contribution is -0.126. The molecule has 0 radical (unpaired) electrons. The van der Waals surface area contributed by atoms with Crippen LogP contribution in [0.1, 0.15) is 22.9 Å². The standard InChI is InChI=1S/C20H27N3O3S2/c1-15-6-7-16(2)19(13-15)28(25,26)23-10-8-22(9-11-23)17(3)20(24)21-14-18-5-4-12-27-18/h4-7,12-13,17H,8-11,14H2,1-3H3,(H,21,24)/t17-/m0/s1. The first-order chi connectivity index (χ1) is 13.3. The van der Waals surface area contributed by atoms with Gasteiger partial charge < -0.3 is 5.32 Å². The highest BCUT2D eigenvalue weighted by molar-refractivity contribution is 7.89. The molecule has 152 valence electrons. The maximum absolute atomic E-state index is 13.0. The minimum Gasteiger partial charge on any atom is -0.350 e. The second kappa shape index (κ2) is 8.73. The summed E-state index contributed by atoms with van der Waals surface area (Å²) in [4.78, 5) is 16.0. The predicted octanol–water partition coefficient (Wildman–Crippen LogP) is 2.38. The molecule has 1 aliphatic heterocycles. The lowest BCUT2D eigenvalue weighted by Gasteiger charge is -2.37. The average Bonchev–Trinajstić information content (AvgIpc) is 3.21. The van der Waals surface area contributed by atoms with E-state index < -0.39 is 10.0 Å². The van der Waals surface area contributed by atoms with E-state index in [0.717, 1.165) is 16.0 Å². The molecule has 2 heterocycles. The molecule has 28 heavy (non-hydrogen) atoms. The third kappa shape index (κ3) is 4.63. The van der Waals surface area contributed by atoms with Crippen LogP contribution in [0.25, 0.3) is 0 Å². The quantitative estimate of drug-likeness (QED) is 0.778. The van der Waals surface area contributed by atoms with Crippen LogP contribution in [0.2, 0.25) is 0 Å². The number of benzene rings is 1. The normalized spacial score (nSPS) is 17.4. The molecule has 1 atom stereocenters. The van der Waals surface area contributed by atoms with E-state index in [1.54, 1.807) is 17.4 Å². The number of rotatable bonds is 6. The Hall–Kier alpha value is -1.74. The third-order valence-electron chi connectivity index (χ3n) is 5.18. The van der Waals surface area contributed by atoms with E-state index in [2.05, 4.69) is 5.32 Å². The molecule has 6 nitrogen and oxygen atoms in total. The van der Waals surface area contributed by atoms with Crippen LogP contribution in [0.3, 0.4) is 0 Å². The summed E-state index contributed by atoms with van der Waals surface area (Å²) in [6.07, 6.45) is 0. The van der Waals surface area contributed by atoms with E-state index in [4.69, 9.17) is 0 Å². The minimum atomic E-state index is -3.52. The number of thiophene rings is 1. The van der Waals surface area contributed by atoms with Gasteiger partial charge in [-0.15, -0.1) is 11.3 Å². The van der Waals surface area contributed by atoms with Gasteiger partial charge in [-0.05, 0) is 49.4 Å². The van der Waals surface area contributed by atoms with Crippen LogP contribution < -0.4 is 5.32 Å². The van der Waals surface area contributed by atoms with Crippen molar-refractivity contribution < 1.29 is 13.2 Å². The van der Waals surface area contributed by atoms with E-state index in [9.17, 15) is 13.2 Å². The summed E-state index contributed by atoms with van der Waals surface area (Å²) in [7, 11) is -3.52. The molecule has 0 bridgehead atoms. The van der Waals surface area contributed by atoms with Crippen LogP contribution >= 0.6 is 11.3 Å². The molecular weight excluding hydrogens is 394 g/mol. The van der Waals surface area contributed by atoms with Crippen molar-refractivity contribution in [2.24, 2.45) is 0 Å². The van der Waals surface area contributed by atoms with Gasteiger partial charge in [-0.3, -0.25) is 9.69 Å².